The Morgan fingerprint density at radius 1 is 0.938 bits per heavy atom. The summed E-state index contributed by atoms with van der Waals surface area (Å²) in [6, 6.07) is 17.2. The summed E-state index contributed by atoms with van der Waals surface area (Å²) < 4.78 is 0. The standard InChI is InChI=1S/C14H15NO/c1-15(11-12-5-3-2-4-6-12)13-7-9-14(16)10-8-13/h2-10,16H,11H2,1H3/p-1. The van der Waals surface area contributed by atoms with E-state index >= 15 is 0 Å². The molecule has 0 radical (unpaired) electrons. The molecule has 0 saturated heterocycles. The largest absolute Gasteiger partial charge is 0.872 e. The summed E-state index contributed by atoms with van der Waals surface area (Å²) >= 11 is 0. The first-order chi connectivity index (χ1) is 7.75. The average Bonchev–Trinajstić information content (AvgIpc) is 2.31. The zero-order chi connectivity index (χ0) is 11.4. The van der Waals surface area contributed by atoms with Gasteiger partial charge in [0, 0.05) is 19.3 Å². The van der Waals surface area contributed by atoms with Crippen LogP contribution in [0.1, 0.15) is 5.56 Å². The topological polar surface area (TPSA) is 26.3 Å². The predicted molar refractivity (Wildman–Crippen MR) is 64.4 cm³/mol. The minimum atomic E-state index is 0.0526. The first-order valence-corrected chi connectivity index (χ1v) is 5.28. The van der Waals surface area contributed by atoms with Gasteiger partial charge in [-0.2, -0.15) is 0 Å². The van der Waals surface area contributed by atoms with Gasteiger partial charge in [-0.3, -0.25) is 0 Å². The van der Waals surface area contributed by atoms with Gasteiger partial charge in [-0.25, -0.2) is 0 Å². The first-order valence-electron chi connectivity index (χ1n) is 5.28. The Hall–Kier alpha value is -1.96. The van der Waals surface area contributed by atoms with Gasteiger partial charge in [-0.1, -0.05) is 42.5 Å². The Labute approximate surface area is 95.8 Å². The van der Waals surface area contributed by atoms with E-state index in [1.807, 2.05) is 37.4 Å². The van der Waals surface area contributed by atoms with E-state index in [1.165, 1.54) is 5.56 Å². The van der Waals surface area contributed by atoms with Gasteiger partial charge < -0.3 is 10.0 Å². The maximum atomic E-state index is 11.0. The quantitative estimate of drug-likeness (QED) is 0.781. The van der Waals surface area contributed by atoms with Crippen molar-refractivity contribution in [3.8, 4) is 5.75 Å². The van der Waals surface area contributed by atoms with Crippen molar-refractivity contribution in [2.24, 2.45) is 0 Å². The van der Waals surface area contributed by atoms with Crippen molar-refractivity contribution in [3.63, 3.8) is 0 Å². The van der Waals surface area contributed by atoms with Crippen molar-refractivity contribution in [1.82, 2.24) is 0 Å². The zero-order valence-corrected chi connectivity index (χ0v) is 9.26. The highest BCUT2D eigenvalue weighted by molar-refractivity contribution is 5.48. The SMILES string of the molecule is CN(Cc1ccccc1)c1ccc([O-])cc1. The third kappa shape index (κ3) is 2.54. The summed E-state index contributed by atoms with van der Waals surface area (Å²) in [5.74, 6) is 0.0526. The Balaban J connectivity index is 2.09. The van der Waals surface area contributed by atoms with Crippen LogP contribution in [0.2, 0.25) is 0 Å². The summed E-state index contributed by atoms with van der Waals surface area (Å²) in [5, 5.41) is 11.0. The van der Waals surface area contributed by atoms with E-state index in [0.717, 1.165) is 12.2 Å². The third-order valence-corrected chi connectivity index (χ3v) is 2.54. The molecule has 82 valence electrons. The van der Waals surface area contributed by atoms with E-state index in [0.29, 0.717) is 0 Å². The third-order valence-electron chi connectivity index (χ3n) is 2.54. The summed E-state index contributed by atoms with van der Waals surface area (Å²) in [5.41, 5.74) is 2.32. The van der Waals surface area contributed by atoms with Crippen molar-refractivity contribution in [3.05, 3.63) is 60.2 Å². The zero-order valence-electron chi connectivity index (χ0n) is 9.26. The fraction of sp³-hybridized carbons (Fsp3) is 0.143. The van der Waals surface area contributed by atoms with Crippen LogP contribution in [0.25, 0.3) is 0 Å². The lowest BCUT2D eigenvalue weighted by molar-refractivity contribution is -0.268. The highest BCUT2D eigenvalue weighted by Gasteiger charge is 2.00. The molecule has 0 aromatic heterocycles. The lowest BCUT2D eigenvalue weighted by Gasteiger charge is -2.20. The molecule has 0 aliphatic heterocycles. The molecule has 0 N–H and O–H groups in total. The van der Waals surface area contributed by atoms with Gasteiger partial charge in [0.25, 0.3) is 0 Å². The van der Waals surface area contributed by atoms with Gasteiger partial charge in [0.1, 0.15) is 0 Å². The Kier molecular flexibility index (Phi) is 3.10. The number of nitrogens with zero attached hydrogens (tertiary/aromatic N) is 1. The van der Waals surface area contributed by atoms with Crippen LogP contribution < -0.4 is 10.0 Å². The van der Waals surface area contributed by atoms with Crippen molar-refractivity contribution < 1.29 is 5.11 Å². The van der Waals surface area contributed by atoms with Gasteiger partial charge >= 0.3 is 0 Å². The number of hydrogen-bond acceptors (Lipinski definition) is 2. The molecule has 0 fully saturated rings. The molecule has 0 unspecified atom stereocenters. The number of rotatable bonds is 3. The molecule has 2 rings (SSSR count). The Morgan fingerprint density at radius 3 is 2.19 bits per heavy atom. The number of benzene rings is 2. The van der Waals surface area contributed by atoms with Crippen LogP contribution >= 0.6 is 0 Å². The van der Waals surface area contributed by atoms with Crippen molar-refractivity contribution in [2.75, 3.05) is 11.9 Å². The highest BCUT2D eigenvalue weighted by Crippen LogP contribution is 2.17. The lowest BCUT2D eigenvalue weighted by Crippen LogP contribution is -2.16. The molecule has 0 atom stereocenters. The fourth-order valence-electron chi connectivity index (χ4n) is 1.65. The summed E-state index contributed by atoms with van der Waals surface area (Å²) in [6.45, 7) is 0.846. The summed E-state index contributed by atoms with van der Waals surface area (Å²) in [4.78, 5) is 2.12. The second-order valence-electron chi connectivity index (χ2n) is 3.84. The molecule has 2 heteroatoms. The predicted octanol–water partition coefficient (Wildman–Crippen LogP) is 2.40. The average molecular weight is 212 g/mol. The minimum Gasteiger partial charge on any atom is -0.872 e. The molecule has 0 bridgehead atoms. The van der Waals surface area contributed by atoms with Crippen LogP contribution in [0.4, 0.5) is 5.69 Å². The highest BCUT2D eigenvalue weighted by atomic mass is 16.3. The summed E-state index contributed by atoms with van der Waals surface area (Å²) in [7, 11) is 2.02. The van der Waals surface area contributed by atoms with Gasteiger partial charge in [-0.15, -0.1) is 5.75 Å². The molecule has 16 heavy (non-hydrogen) atoms. The maximum absolute atomic E-state index is 11.0. The van der Waals surface area contributed by atoms with E-state index in [2.05, 4.69) is 17.0 Å². The second-order valence-corrected chi connectivity index (χ2v) is 3.84. The van der Waals surface area contributed by atoms with Crippen LogP contribution in [-0.2, 0) is 6.54 Å². The van der Waals surface area contributed by atoms with Crippen LogP contribution in [0.15, 0.2) is 54.6 Å². The first kappa shape index (κ1) is 10.6. The van der Waals surface area contributed by atoms with Gasteiger partial charge in [0.05, 0.1) is 0 Å². The van der Waals surface area contributed by atoms with E-state index in [9.17, 15) is 5.11 Å². The molecule has 0 amide bonds. The van der Waals surface area contributed by atoms with Crippen LogP contribution in [0.3, 0.4) is 0 Å². The molecule has 0 spiro atoms. The molecule has 2 aromatic carbocycles. The van der Waals surface area contributed by atoms with E-state index < -0.39 is 0 Å². The van der Waals surface area contributed by atoms with Crippen LogP contribution in [-0.4, -0.2) is 7.05 Å². The Morgan fingerprint density at radius 2 is 1.56 bits per heavy atom. The molecule has 0 aliphatic carbocycles. The second kappa shape index (κ2) is 4.71. The fourth-order valence-corrected chi connectivity index (χ4v) is 1.65. The van der Waals surface area contributed by atoms with Gasteiger partial charge in [-0.05, 0) is 17.7 Å². The maximum Gasteiger partial charge on any atom is 0.0426 e. The number of anilines is 1. The van der Waals surface area contributed by atoms with E-state index in [4.69, 9.17) is 0 Å². The van der Waals surface area contributed by atoms with Crippen molar-refractivity contribution in [2.45, 2.75) is 6.54 Å². The monoisotopic (exact) mass is 212 g/mol. The molecular formula is C14H14NO-. The summed E-state index contributed by atoms with van der Waals surface area (Å²) in [6.07, 6.45) is 0. The van der Waals surface area contributed by atoms with Crippen LogP contribution in [0, 0.1) is 0 Å². The molecular weight excluding hydrogens is 198 g/mol. The molecule has 0 aliphatic rings. The van der Waals surface area contributed by atoms with Crippen molar-refractivity contribution >= 4 is 5.69 Å². The molecule has 0 heterocycles. The molecule has 0 saturated carbocycles. The smallest absolute Gasteiger partial charge is 0.0426 e. The molecule has 2 nitrogen and oxygen atoms in total. The van der Waals surface area contributed by atoms with Crippen LogP contribution in [0.5, 0.6) is 5.75 Å². The van der Waals surface area contributed by atoms with Crippen molar-refractivity contribution in [1.29, 1.82) is 0 Å². The normalized spacial score (nSPS) is 10.1. The molecule has 2 aromatic rings. The van der Waals surface area contributed by atoms with Gasteiger partial charge in [0.15, 0.2) is 0 Å². The lowest BCUT2D eigenvalue weighted by atomic mass is 10.2. The van der Waals surface area contributed by atoms with E-state index in [1.54, 1.807) is 12.1 Å². The Bertz CT molecular complexity index is 436. The number of hydrogen-bond donors (Lipinski definition) is 0. The van der Waals surface area contributed by atoms with Gasteiger partial charge in [0.2, 0.25) is 0 Å². The minimum absolute atomic E-state index is 0.0526. The van der Waals surface area contributed by atoms with E-state index in [-0.39, 0.29) is 5.75 Å².